The SMILES string of the molecule is c1cn(-c2ccc(CCCCNCc3ccc(-n4ccnc4)cc3)cc2)cn1. The van der Waals surface area contributed by atoms with Crippen LogP contribution in [0.4, 0.5) is 0 Å². The molecule has 0 amide bonds. The van der Waals surface area contributed by atoms with E-state index in [1.54, 1.807) is 12.4 Å². The number of benzene rings is 2. The molecule has 0 unspecified atom stereocenters. The molecule has 2 aromatic carbocycles. The highest BCUT2D eigenvalue weighted by molar-refractivity contribution is 5.35. The van der Waals surface area contributed by atoms with Crippen LogP contribution < -0.4 is 5.32 Å². The maximum atomic E-state index is 4.09. The molecule has 4 aromatic rings. The number of aromatic nitrogens is 4. The van der Waals surface area contributed by atoms with E-state index < -0.39 is 0 Å². The van der Waals surface area contributed by atoms with Crippen molar-refractivity contribution < 1.29 is 0 Å². The highest BCUT2D eigenvalue weighted by Crippen LogP contribution is 2.12. The fourth-order valence-electron chi connectivity index (χ4n) is 3.26. The minimum absolute atomic E-state index is 0.907. The Labute approximate surface area is 165 Å². The Hall–Kier alpha value is -3.18. The van der Waals surface area contributed by atoms with Crippen LogP contribution in [0.25, 0.3) is 11.4 Å². The van der Waals surface area contributed by atoms with Crippen molar-refractivity contribution in [3.05, 3.63) is 97.1 Å². The fourth-order valence-corrected chi connectivity index (χ4v) is 3.26. The van der Waals surface area contributed by atoms with Crippen molar-refractivity contribution in [3.63, 3.8) is 0 Å². The van der Waals surface area contributed by atoms with Crippen LogP contribution in [0.1, 0.15) is 24.0 Å². The van der Waals surface area contributed by atoms with Crippen LogP contribution in [0.15, 0.2) is 86.0 Å². The summed E-state index contributed by atoms with van der Waals surface area (Å²) in [4.78, 5) is 8.17. The molecule has 0 saturated heterocycles. The quantitative estimate of drug-likeness (QED) is 0.449. The first-order valence-electron chi connectivity index (χ1n) is 9.74. The van der Waals surface area contributed by atoms with Crippen molar-refractivity contribution >= 4 is 0 Å². The molecule has 5 nitrogen and oxygen atoms in total. The van der Waals surface area contributed by atoms with Crippen LogP contribution in [0, 0.1) is 0 Å². The van der Waals surface area contributed by atoms with E-state index >= 15 is 0 Å². The topological polar surface area (TPSA) is 47.7 Å². The van der Waals surface area contributed by atoms with Gasteiger partial charge in [-0.15, -0.1) is 0 Å². The van der Waals surface area contributed by atoms with Crippen LogP contribution in [0.5, 0.6) is 0 Å². The molecule has 0 spiro atoms. The van der Waals surface area contributed by atoms with Crippen LogP contribution in [-0.2, 0) is 13.0 Å². The Balaban J connectivity index is 1.14. The van der Waals surface area contributed by atoms with Crippen LogP contribution in [0.3, 0.4) is 0 Å². The second-order valence-corrected chi connectivity index (χ2v) is 6.91. The Kier molecular flexibility index (Phi) is 5.95. The molecule has 0 bridgehead atoms. The maximum Gasteiger partial charge on any atom is 0.0991 e. The molecule has 5 heteroatoms. The zero-order chi connectivity index (χ0) is 19.0. The number of hydrogen-bond acceptors (Lipinski definition) is 3. The van der Waals surface area contributed by atoms with E-state index in [1.807, 2.05) is 34.2 Å². The summed E-state index contributed by atoms with van der Waals surface area (Å²) in [7, 11) is 0. The Morgan fingerprint density at radius 1 is 0.679 bits per heavy atom. The highest BCUT2D eigenvalue weighted by atomic mass is 15.0. The Morgan fingerprint density at radius 2 is 1.25 bits per heavy atom. The summed E-state index contributed by atoms with van der Waals surface area (Å²) in [6.45, 7) is 1.94. The molecule has 0 atom stereocenters. The van der Waals surface area contributed by atoms with Crippen LogP contribution >= 0.6 is 0 Å². The Morgan fingerprint density at radius 3 is 1.79 bits per heavy atom. The largest absolute Gasteiger partial charge is 0.313 e. The van der Waals surface area contributed by atoms with Crippen molar-refractivity contribution in [2.75, 3.05) is 6.54 Å². The number of aryl methyl sites for hydroxylation is 1. The minimum Gasteiger partial charge on any atom is -0.313 e. The van der Waals surface area contributed by atoms with Gasteiger partial charge in [-0.05, 0) is 61.2 Å². The molecule has 4 rings (SSSR count). The van der Waals surface area contributed by atoms with Gasteiger partial charge in [0.05, 0.1) is 12.7 Å². The van der Waals surface area contributed by atoms with Crippen molar-refractivity contribution in [1.29, 1.82) is 0 Å². The average Bonchev–Trinajstić information content (AvgIpc) is 3.46. The predicted octanol–water partition coefficient (Wildman–Crippen LogP) is 4.17. The van der Waals surface area contributed by atoms with E-state index in [9.17, 15) is 0 Å². The summed E-state index contributed by atoms with van der Waals surface area (Å²) in [5.74, 6) is 0. The van der Waals surface area contributed by atoms with Gasteiger partial charge in [-0.3, -0.25) is 0 Å². The molecule has 0 saturated carbocycles. The molecule has 2 heterocycles. The predicted molar refractivity (Wildman–Crippen MR) is 112 cm³/mol. The Bertz CT molecular complexity index is 858. The first-order valence-corrected chi connectivity index (χ1v) is 9.74. The molecule has 0 fully saturated rings. The first-order chi connectivity index (χ1) is 13.9. The summed E-state index contributed by atoms with van der Waals surface area (Å²) < 4.78 is 4.04. The van der Waals surface area contributed by atoms with E-state index in [-0.39, 0.29) is 0 Å². The van der Waals surface area contributed by atoms with Gasteiger partial charge in [0.25, 0.3) is 0 Å². The van der Waals surface area contributed by atoms with Gasteiger partial charge in [0.2, 0.25) is 0 Å². The third-order valence-electron chi connectivity index (χ3n) is 4.88. The van der Waals surface area contributed by atoms with Crippen molar-refractivity contribution in [2.24, 2.45) is 0 Å². The molecule has 1 N–H and O–H groups in total. The van der Waals surface area contributed by atoms with E-state index in [0.29, 0.717) is 0 Å². The summed E-state index contributed by atoms with van der Waals surface area (Å²) in [6.07, 6.45) is 14.6. The minimum atomic E-state index is 0.907. The first kappa shape index (κ1) is 18.2. The summed E-state index contributed by atoms with van der Waals surface area (Å²) >= 11 is 0. The normalized spacial score (nSPS) is 11.0. The average molecular weight is 371 g/mol. The van der Waals surface area contributed by atoms with Crippen LogP contribution in [-0.4, -0.2) is 25.6 Å². The molecular formula is C23H25N5. The van der Waals surface area contributed by atoms with Crippen molar-refractivity contribution in [2.45, 2.75) is 25.8 Å². The van der Waals surface area contributed by atoms with Crippen molar-refractivity contribution in [1.82, 2.24) is 24.4 Å². The summed E-state index contributed by atoms with van der Waals surface area (Å²) in [5, 5.41) is 3.54. The standard InChI is InChI=1S/C23H25N5/c1(3-20-4-8-22(9-5-20)27-15-13-25-18-27)2-12-24-17-21-6-10-23(11-7-21)28-16-14-26-19-28/h4-11,13-16,18-19,24H,1-3,12,17H2. The van der Waals surface area contributed by atoms with E-state index in [1.165, 1.54) is 24.0 Å². The van der Waals surface area contributed by atoms with Gasteiger partial charge in [0.1, 0.15) is 0 Å². The third-order valence-corrected chi connectivity index (χ3v) is 4.88. The molecule has 0 aliphatic rings. The lowest BCUT2D eigenvalue weighted by Gasteiger charge is -2.07. The molecule has 0 aliphatic carbocycles. The number of nitrogens with zero attached hydrogens (tertiary/aromatic N) is 4. The molecule has 142 valence electrons. The smallest absolute Gasteiger partial charge is 0.0991 e. The van der Waals surface area contributed by atoms with Gasteiger partial charge in [-0.2, -0.15) is 0 Å². The zero-order valence-corrected chi connectivity index (χ0v) is 15.9. The molecule has 28 heavy (non-hydrogen) atoms. The fraction of sp³-hybridized carbons (Fsp3) is 0.217. The zero-order valence-electron chi connectivity index (χ0n) is 15.9. The lowest BCUT2D eigenvalue weighted by molar-refractivity contribution is 0.623. The summed E-state index contributed by atoms with van der Waals surface area (Å²) in [6, 6.07) is 17.3. The summed E-state index contributed by atoms with van der Waals surface area (Å²) in [5.41, 5.74) is 4.99. The molecule has 0 radical (unpaired) electrons. The van der Waals surface area contributed by atoms with E-state index in [0.717, 1.165) is 30.9 Å². The number of nitrogens with one attached hydrogen (secondary N) is 1. The van der Waals surface area contributed by atoms with Crippen LogP contribution in [0.2, 0.25) is 0 Å². The maximum absolute atomic E-state index is 4.09. The molecular weight excluding hydrogens is 346 g/mol. The van der Waals surface area contributed by atoms with Gasteiger partial charge in [0.15, 0.2) is 0 Å². The number of hydrogen-bond donors (Lipinski definition) is 1. The van der Waals surface area contributed by atoms with Gasteiger partial charge in [0, 0.05) is 42.7 Å². The highest BCUT2D eigenvalue weighted by Gasteiger charge is 1.99. The van der Waals surface area contributed by atoms with E-state index in [4.69, 9.17) is 0 Å². The second kappa shape index (κ2) is 9.15. The lowest BCUT2D eigenvalue weighted by atomic mass is 10.1. The number of rotatable bonds is 9. The van der Waals surface area contributed by atoms with E-state index in [2.05, 4.69) is 63.8 Å². The third kappa shape index (κ3) is 4.75. The molecule has 0 aliphatic heterocycles. The second-order valence-electron chi connectivity index (χ2n) is 6.91. The molecule has 2 aromatic heterocycles. The number of unbranched alkanes of at least 4 members (excludes halogenated alkanes) is 1. The van der Waals surface area contributed by atoms with Gasteiger partial charge >= 0.3 is 0 Å². The van der Waals surface area contributed by atoms with Crippen molar-refractivity contribution in [3.8, 4) is 11.4 Å². The van der Waals surface area contributed by atoms with Gasteiger partial charge < -0.3 is 14.5 Å². The van der Waals surface area contributed by atoms with Gasteiger partial charge in [-0.25, -0.2) is 9.97 Å². The monoisotopic (exact) mass is 371 g/mol. The number of imidazole rings is 2. The lowest BCUT2D eigenvalue weighted by Crippen LogP contribution is -2.14. The van der Waals surface area contributed by atoms with Gasteiger partial charge in [-0.1, -0.05) is 24.3 Å².